The van der Waals surface area contributed by atoms with E-state index in [1.54, 1.807) is 32.4 Å². The molecule has 1 rings (SSSR count). The molecule has 0 unspecified atom stereocenters. The van der Waals surface area contributed by atoms with Crippen LogP contribution in [0.15, 0.2) is 29.3 Å². The number of guanidine groups is 1. The highest BCUT2D eigenvalue weighted by Gasteiger charge is 2.05. The van der Waals surface area contributed by atoms with Gasteiger partial charge in [-0.15, -0.1) is 24.0 Å². The molecule has 1 aromatic rings. The number of nitrogens with zero attached hydrogens (tertiary/aromatic N) is 1. The summed E-state index contributed by atoms with van der Waals surface area (Å²) in [5.41, 5.74) is 0.588. The van der Waals surface area contributed by atoms with Gasteiger partial charge in [-0.25, -0.2) is 0 Å². The summed E-state index contributed by atoms with van der Waals surface area (Å²) >= 11 is 0. The van der Waals surface area contributed by atoms with Crippen LogP contribution in [0.1, 0.15) is 30.1 Å². The number of halogens is 1. The number of carbonyl (C=O) groups is 1. The van der Waals surface area contributed by atoms with E-state index in [0.29, 0.717) is 24.4 Å². The van der Waals surface area contributed by atoms with E-state index in [4.69, 9.17) is 4.74 Å². The van der Waals surface area contributed by atoms with Crippen LogP contribution in [0.25, 0.3) is 0 Å². The summed E-state index contributed by atoms with van der Waals surface area (Å²) < 4.78 is 5.11. The van der Waals surface area contributed by atoms with Crippen LogP contribution >= 0.6 is 24.0 Å². The lowest BCUT2D eigenvalue weighted by Gasteiger charge is -2.12. The van der Waals surface area contributed by atoms with Crippen LogP contribution in [0, 0.1) is 0 Å². The molecule has 7 heteroatoms. The molecule has 0 bridgehead atoms. The van der Waals surface area contributed by atoms with E-state index in [2.05, 4.69) is 27.9 Å². The summed E-state index contributed by atoms with van der Waals surface area (Å²) in [6.07, 6.45) is 2.24. The number of benzene rings is 1. The fourth-order valence-corrected chi connectivity index (χ4v) is 1.83. The topological polar surface area (TPSA) is 74.8 Å². The van der Waals surface area contributed by atoms with Crippen LogP contribution in [-0.2, 0) is 0 Å². The van der Waals surface area contributed by atoms with Gasteiger partial charge < -0.3 is 20.7 Å². The first-order valence-electron chi connectivity index (χ1n) is 7.58. The fraction of sp³-hybridized carbons (Fsp3) is 0.500. The monoisotopic (exact) mass is 434 g/mol. The number of unbranched alkanes of at least 4 members (excludes halogenated alkanes) is 1. The smallest absolute Gasteiger partial charge is 0.251 e. The van der Waals surface area contributed by atoms with E-state index in [9.17, 15) is 4.79 Å². The van der Waals surface area contributed by atoms with E-state index in [-0.39, 0.29) is 29.9 Å². The van der Waals surface area contributed by atoms with Crippen molar-refractivity contribution in [3.63, 3.8) is 0 Å². The molecule has 0 aliphatic rings. The zero-order valence-corrected chi connectivity index (χ0v) is 16.3. The molecule has 0 saturated carbocycles. The minimum absolute atomic E-state index is 0. The van der Waals surface area contributed by atoms with Crippen LogP contribution in [0.3, 0.4) is 0 Å². The van der Waals surface area contributed by atoms with Crippen LogP contribution in [0.4, 0.5) is 0 Å². The van der Waals surface area contributed by atoms with E-state index in [1.807, 2.05) is 6.07 Å². The van der Waals surface area contributed by atoms with Crippen LogP contribution < -0.4 is 20.7 Å². The first-order chi connectivity index (χ1) is 10.7. The van der Waals surface area contributed by atoms with Crippen molar-refractivity contribution in [3.8, 4) is 5.75 Å². The average Bonchev–Trinajstić information content (AvgIpc) is 2.56. The van der Waals surface area contributed by atoms with E-state index in [0.717, 1.165) is 25.3 Å². The average molecular weight is 434 g/mol. The molecule has 0 fully saturated rings. The SMILES string of the molecule is CCCCNC(=NC)NCCNC(=O)c1cccc(OC)c1.I. The number of carbonyl (C=O) groups excluding carboxylic acids is 1. The zero-order valence-electron chi connectivity index (χ0n) is 14.0. The normalized spacial score (nSPS) is 10.5. The minimum Gasteiger partial charge on any atom is -0.497 e. The Balaban J connectivity index is 0.00000484. The lowest BCUT2D eigenvalue weighted by molar-refractivity contribution is 0.0954. The second kappa shape index (κ2) is 13.0. The van der Waals surface area contributed by atoms with Gasteiger partial charge in [0.15, 0.2) is 5.96 Å². The third kappa shape index (κ3) is 8.63. The molecule has 0 spiro atoms. The van der Waals surface area contributed by atoms with E-state index < -0.39 is 0 Å². The minimum atomic E-state index is -0.116. The highest BCUT2D eigenvalue weighted by molar-refractivity contribution is 14.0. The summed E-state index contributed by atoms with van der Waals surface area (Å²) in [6.45, 7) is 4.17. The largest absolute Gasteiger partial charge is 0.497 e. The molecule has 0 aliphatic carbocycles. The van der Waals surface area contributed by atoms with Crippen molar-refractivity contribution in [1.29, 1.82) is 0 Å². The predicted octanol–water partition coefficient (Wildman–Crippen LogP) is 2.01. The molecule has 0 saturated heterocycles. The number of methoxy groups -OCH3 is 1. The van der Waals surface area contributed by atoms with Crippen LogP contribution in [-0.4, -0.2) is 45.7 Å². The molecule has 0 aliphatic heterocycles. The third-order valence-corrected chi connectivity index (χ3v) is 3.08. The number of hydrogen-bond donors (Lipinski definition) is 3. The van der Waals surface area contributed by atoms with Gasteiger partial charge in [-0.05, 0) is 24.6 Å². The molecule has 0 heterocycles. The summed E-state index contributed by atoms with van der Waals surface area (Å²) in [5.74, 6) is 1.31. The van der Waals surface area contributed by atoms with Gasteiger partial charge in [0.05, 0.1) is 7.11 Å². The molecule has 0 atom stereocenters. The number of ether oxygens (including phenoxy) is 1. The fourth-order valence-electron chi connectivity index (χ4n) is 1.83. The molecule has 0 radical (unpaired) electrons. The van der Waals surface area contributed by atoms with Crippen molar-refractivity contribution in [2.24, 2.45) is 4.99 Å². The van der Waals surface area contributed by atoms with Crippen molar-refractivity contribution in [2.45, 2.75) is 19.8 Å². The maximum absolute atomic E-state index is 12.0. The van der Waals surface area contributed by atoms with Crippen LogP contribution in [0.5, 0.6) is 5.75 Å². The summed E-state index contributed by atoms with van der Waals surface area (Å²) in [7, 11) is 3.31. The highest BCUT2D eigenvalue weighted by Crippen LogP contribution is 2.11. The number of amides is 1. The van der Waals surface area contributed by atoms with Crippen LogP contribution in [0.2, 0.25) is 0 Å². The van der Waals surface area contributed by atoms with Gasteiger partial charge in [-0.2, -0.15) is 0 Å². The molecule has 130 valence electrons. The van der Waals surface area contributed by atoms with Crippen molar-refractivity contribution in [2.75, 3.05) is 33.8 Å². The quantitative estimate of drug-likeness (QED) is 0.253. The lowest BCUT2D eigenvalue weighted by Crippen LogP contribution is -2.41. The van der Waals surface area contributed by atoms with Crippen molar-refractivity contribution >= 4 is 35.8 Å². The maximum Gasteiger partial charge on any atom is 0.251 e. The highest BCUT2D eigenvalue weighted by atomic mass is 127. The first kappa shape index (κ1) is 21.5. The number of rotatable bonds is 8. The third-order valence-electron chi connectivity index (χ3n) is 3.08. The van der Waals surface area contributed by atoms with Gasteiger partial charge in [0.25, 0.3) is 5.91 Å². The summed E-state index contributed by atoms with van der Waals surface area (Å²) in [6, 6.07) is 7.08. The van der Waals surface area contributed by atoms with Crippen molar-refractivity contribution < 1.29 is 9.53 Å². The molecule has 0 aromatic heterocycles. The Bertz CT molecular complexity index is 495. The van der Waals surface area contributed by atoms with Gasteiger partial charge in [0.2, 0.25) is 0 Å². The second-order valence-corrected chi connectivity index (χ2v) is 4.77. The Morgan fingerprint density at radius 2 is 1.87 bits per heavy atom. The van der Waals surface area contributed by atoms with Crippen molar-refractivity contribution in [3.05, 3.63) is 29.8 Å². The Hall–Kier alpha value is -1.51. The molecule has 1 amide bonds. The number of nitrogens with one attached hydrogen (secondary N) is 3. The predicted molar refractivity (Wildman–Crippen MR) is 105 cm³/mol. The van der Waals surface area contributed by atoms with E-state index >= 15 is 0 Å². The standard InChI is InChI=1S/C16H26N4O2.HI/c1-4-5-9-19-16(17-2)20-11-10-18-15(21)13-7-6-8-14(12-13)22-3;/h6-8,12H,4-5,9-11H2,1-3H3,(H,18,21)(H2,17,19,20);1H. The molecule has 3 N–H and O–H groups in total. The second-order valence-electron chi connectivity index (χ2n) is 4.77. The van der Waals surface area contributed by atoms with E-state index in [1.165, 1.54) is 0 Å². The number of aliphatic imine (C=N–C) groups is 1. The molecule has 23 heavy (non-hydrogen) atoms. The molecule has 6 nitrogen and oxygen atoms in total. The Morgan fingerprint density at radius 3 is 2.52 bits per heavy atom. The zero-order chi connectivity index (χ0) is 16.2. The molecular weight excluding hydrogens is 407 g/mol. The molecular formula is C16H27IN4O2. The number of hydrogen-bond acceptors (Lipinski definition) is 3. The van der Waals surface area contributed by atoms with Gasteiger partial charge in [-0.1, -0.05) is 19.4 Å². The first-order valence-corrected chi connectivity index (χ1v) is 7.58. The Kier molecular flexibility index (Phi) is 12.1. The Morgan fingerprint density at radius 1 is 1.17 bits per heavy atom. The maximum atomic E-state index is 12.0. The van der Waals surface area contributed by atoms with Crippen molar-refractivity contribution in [1.82, 2.24) is 16.0 Å². The molecule has 1 aromatic carbocycles. The van der Waals surface area contributed by atoms with Gasteiger partial charge in [0.1, 0.15) is 5.75 Å². The van der Waals surface area contributed by atoms with Gasteiger partial charge in [-0.3, -0.25) is 9.79 Å². The van der Waals surface area contributed by atoms with Gasteiger partial charge >= 0.3 is 0 Å². The summed E-state index contributed by atoms with van der Waals surface area (Å²) in [5, 5.41) is 9.23. The van der Waals surface area contributed by atoms with Gasteiger partial charge in [0, 0.05) is 32.2 Å². The Labute approximate surface area is 155 Å². The summed E-state index contributed by atoms with van der Waals surface area (Å²) in [4.78, 5) is 16.1. The lowest BCUT2D eigenvalue weighted by atomic mass is 10.2.